The van der Waals surface area contributed by atoms with Crippen LogP contribution in [0.25, 0.3) is 0 Å². The summed E-state index contributed by atoms with van der Waals surface area (Å²) in [5.41, 5.74) is 1.12. The van der Waals surface area contributed by atoms with Crippen LogP contribution in [0.4, 0.5) is 5.69 Å². The van der Waals surface area contributed by atoms with Crippen LogP contribution in [-0.2, 0) is 0 Å². The van der Waals surface area contributed by atoms with Gasteiger partial charge < -0.3 is 19.7 Å². The van der Waals surface area contributed by atoms with E-state index in [1.54, 1.807) is 0 Å². The highest BCUT2D eigenvalue weighted by Gasteiger charge is 2.23. The van der Waals surface area contributed by atoms with Crippen LogP contribution in [-0.4, -0.2) is 37.4 Å². The van der Waals surface area contributed by atoms with Crippen LogP contribution in [0.5, 0.6) is 11.5 Å². The molecule has 1 atom stereocenters. The third kappa shape index (κ3) is 2.85. The topological polar surface area (TPSA) is 33.7 Å². The van der Waals surface area contributed by atoms with Gasteiger partial charge in [0.15, 0.2) is 11.5 Å². The lowest BCUT2D eigenvalue weighted by Crippen LogP contribution is -2.39. The van der Waals surface area contributed by atoms with Crippen LogP contribution in [0.15, 0.2) is 18.2 Å². The van der Waals surface area contributed by atoms with Gasteiger partial charge in [0, 0.05) is 17.8 Å². The zero-order chi connectivity index (χ0) is 13.9. The summed E-state index contributed by atoms with van der Waals surface area (Å²) in [6, 6.07) is 6.59. The predicted molar refractivity (Wildman–Crippen MR) is 80.5 cm³/mol. The van der Waals surface area contributed by atoms with Gasteiger partial charge in [-0.05, 0) is 57.5 Å². The SMILES string of the molecule is CCN1CCC(C(C)Nc2ccc3c(c2)OCO3)CC1. The minimum atomic E-state index is 0.337. The van der Waals surface area contributed by atoms with Crippen LogP contribution in [0, 0.1) is 5.92 Å². The average Bonchev–Trinajstić information content (AvgIpc) is 2.95. The second kappa shape index (κ2) is 5.92. The van der Waals surface area contributed by atoms with E-state index in [2.05, 4.69) is 30.1 Å². The first-order valence-corrected chi connectivity index (χ1v) is 7.65. The Morgan fingerprint density at radius 3 is 2.75 bits per heavy atom. The third-order valence-electron chi connectivity index (χ3n) is 4.55. The summed E-state index contributed by atoms with van der Waals surface area (Å²) in [6.07, 6.45) is 2.57. The van der Waals surface area contributed by atoms with E-state index in [0.717, 1.165) is 23.1 Å². The molecule has 2 aliphatic rings. The van der Waals surface area contributed by atoms with E-state index in [1.807, 2.05) is 12.1 Å². The smallest absolute Gasteiger partial charge is 0.231 e. The van der Waals surface area contributed by atoms with E-state index in [0.29, 0.717) is 12.8 Å². The number of nitrogens with zero attached hydrogens (tertiary/aromatic N) is 1. The van der Waals surface area contributed by atoms with Gasteiger partial charge in [0.05, 0.1) is 0 Å². The molecular formula is C16H24N2O2. The van der Waals surface area contributed by atoms with Crippen molar-refractivity contribution in [2.75, 3.05) is 31.7 Å². The average molecular weight is 276 g/mol. The van der Waals surface area contributed by atoms with E-state index >= 15 is 0 Å². The van der Waals surface area contributed by atoms with Crippen LogP contribution in [0.3, 0.4) is 0 Å². The highest BCUT2D eigenvalue weighted by atomic mass is 16.7. The first-order valence-electron chi connectivity index (χ1n) is 7.65. The molecule has 0 saturated carbocycles. The quantitative estimate of drug-likeness (QED) is 0.916. The van der Waals surface area contributed by atoms with Crippen molar-refractivity contribution in [1.82, 2.24) is 4.90 Å². The van der Waals surface area contributed by atoms with Crippen molar-refractivity contribution in [2.24, 2.45) is 5.92 Å². The monoisotopic (exact) mass is 276 g/mol. The fraction of sp³-hybridized carbons (Fsp3) is 0.625. The van der Waals surface area contributed by atoms with Gasteiger partial charge in [-0.25, -0.2) is 0 Å². The Labute approximate surface area is 121 Å². The summed E-state index contributed by atoms with van der Waals surface area (Å²) in [5, 5.41) is 3.62. The lowest BCUT2D eigenvalue weighted by Gasteiger charge is -2.34. The number of anilines is 1. The number of hydrogen-bond donors (Lipinski definition) is 1. The van der Waals surface area contributed by atoms with Gasteiger partial charge in [0.1, 0.15) is 0 Å². The molecule has 1 unspecified atom stereocenters. The number of hydrogen-bond acceptors (Lipinski definition) is 4. The maximum atomic E-state index is 5.43. The van der Waals surface area contributed by atoms with Crippen LogP contribution in [0.1, 0.15) is 26.7 Å². The molecule has 4 heteroatoms. The summed E-state index contributed by atoms with van der Waals surface area (Å²) in [4.78, 5) is 2.53. The summed E-state index contributed by atoms with van der Waals surface area (Å²) in [6.45, 7) is 8.51. The number of nitrogens with one attached hydrogen (secondary N) is 1. The lowest BCUT2D eigenvalue weighted by molar-refractivity contribution is 0.174. The molecule has 0 radical (unpaired) electrons. The predicted octanol–water partition coefficient (Wildman–Crippen LogP) is 2.95. The summed E-state index contributed by atoms with van der Waals surface area (Å²) in [7, 11) is 0. The first-order chi connectivity index (χ1) is 9.76. The van der Waals surface area contributed by atoms with Crippen molar-refractivity contribution < 1.29 is 9.47 Å². The molecular weight excluding hydrogens is 252 g/mol. The summed E-state index contributed by atoms with van der Waals surface area (Å²) >= 11 is 0. The van der Waals surface area contributed by atoms with E-state index in [4.69, 9.17) is 9.47 Å². The molecule has 4 nitrogen and oxygen atoms in total. The van der Waals surface area contributed by atoms with Gasteiger partial charge in [-0.2, -0.15) is 0 Å². The van der Waals surface area contributed by atoms with E-state index in [-0.39, 0.29) is 0 Å². The molecule has 1 N–H and O–H groups in total. The number of piperidine rings is 1. The van der Waals surface area contributed by atoms with Gasteiger partial charge in [-0.3, -0.25) is 0 Å². The molecule has 1 fully saturated rings. The molecule has 0 aromatic heterocycles. The molecule has 2 heterocycles. The maximum absolute atomic E-state index is 5.43. The number of fused-ring (bicyclic) bond motifs is 1. The van der Waals surface area contributed by atoms with E-state index < -0.39 is 0 Å². The zero-order valence-electron chi connectivity index (χ0n) is 12.4. The second-order valence-corrected chi connectivity index (χ2v) is 5.77. The highest BCUT2D eigenvalue weighted by Crippen LogP contribution is 2.35. The van der Waals surface area contributed by atoms with Crippen LogP contribution >= 0.6 is 0 Å². The largest absolute Gasteiger partial charge is 0.454 e. The Hall–Kier alpha value is -1.42. The standard InChI is InChI=1S/C16H24N2O2/c1-3-18-8-6-13(7-9-18)12(2)17-14-4-5-15-16(10-14)20-11-19-15/h4-5,10,12-13,17H,3,6-9,11H2,1-2H3. The zero-order valence-corrected chi connectivity index (χ0v) is 12.4. The molecule has 0 aliphatic carbocycles. The number of ether oxygens (including phenoxy) is 2. The van der Waals surface area contributed by atoms with Crippen molar-refractivity contribution in [3.63, 3.8) is 0 Å². The van der Waals surface area contributed by atoms with Gasteiger partial charge in [-0.15, -0.1) is 0 Å². The van der Waals surface area contributed by atoms with E-state index in [1.165, 1.54) is 32.5 Å². The van der Waals surface area contributed by atoms with Crippen molar-refractivity contribution in [3.8, 4) is 11.5 Å². The molecule has 3 rings (SSSR count). The molecule has 2 aliphatic heterocycles. The van der Waals surface area contributed by atoms with Gasteiger partial charge >= 0.3 is 0 Å². The van der Waals surface area contributed by atoms with Crippen LogP contribution < -0.4 is 14.8 Å². The molecule has 0 bridgehead atoms. The maximum Gasteiger partial charge on any atom is 0.231 e. The van der Waals surface area contributed by atoms with Crippen molar-refractivity contribution in [3.05, 3.63) is 18.2 Å². The van der Waals surface area contributed by atoms with E-state index in [9.17, 15) is 0 Å². The minimum absolute atomic E-state index is 0.337. The number of benzene rings is 1. The third-order valence-corrected chi connectivity index (χ3v) is 4.55. The Morgan fingerprint density at radius 2 is 2.00 bits per heavy atom. The normalized spacial score (nSPS) is 20.9. The first kappa shape index (κ1) is 13.6. The second-order valence-electron chi connectivity index (χ2n) is 5.77. The lowest BCUT2D eigenvalue weighted by atomic mass is 9.90. The minimum Gasteiger partial charge on any atom is -0.454 e. The van der Waals surface area contributed by atoms with Gasteiger partial charge in [0.2, 0.25) is 6.79 Å². The van der Waals surface area contributed by atoms with Crippen molar-refractivity contribution >= 4 is 5.69 Å². The Kier molecular flexibility index (Phi) is 4.01. The molecule has 1 saturated heterocycles. The molecule has 1 aromatic carbocycles. The van der Waals surface area contributed by atoms with Gasteiger partial charge in [-0.1, -0.05) is 6.92 Å². The van der Waals surface area contributed by atoms with Crippen LogP contribution in [0.2, 0.25) is 0 Å². The Morgan fingerprint density at radius 1 is 1.25 bits per heavy atom. The summed E-state index contributed by atoms with van der Waals surface area (Å²) < 4.78 is 10.8. The molecule has 110 valence electrons. The highest BCUT2D eigenvalue weighted by molar-refractivity contribution is 5.56. The fourth-order valence-corrected chi connectivity index (χ4v) is 3.14. The number of rotatable bonds is 4. The van der Waals surface area contributed by atoms with Crippen molar-refractivity contribution in [1.29, 1.82) is 0 Å². The molecule has 0 amide bonds. The van der Waals surface area contributed by atoms with Crippen molar-refractivity contribution in [2.45, 2.75) is 32.7 Å². The fourth-order valence-electron chi connectivity index (χ4n) is 3.14. The Bertz CT molecular complexity index is 456. The number of likely N-dealkylation sites (tertiary alicyclic amines) is 1. The molecule has 0 spiro atoms. The molecule has 20 heavy (non-hydrogen) atoms. The van der Waals surface area contributed by atoms with Gasteiger partial charge in [0.25, 0.3) is 0 Å². The molecule has 1 aromatic rings. The Balaban J connectivity index is 1.57. The summed E-state index contributed by atoms with van der Waals surface area (Å²) in [5.74, 6) is 2.45.